The Morgan fingerprint density at radius 3 is 1.97 bits per heavy atom. The van der Waals surface area contributed by atoms with Crippen LogP contribution in [0.4, 0.5) is 0 Å². The third-order valence-electron chi connectivity index (χ3n) is 14.5. The van der Waals surface area contributed by atoms with Gasteiger partial charge < -0.3 is 60.5 Å². The highest BCUT2D eigenvalue weighted by Crippen LogP contribution is 2.40. The molecule has 0 bridgehead atoms. The number of ketones is 1. The van der Waals surface area contributed by atoms with Crippen LogP contribution in [0.25, 0.3) is 0 Å². The van der Waals surface area contributed by atoms with Crippen molar-refractivity contribution >= 4 is 47.2 Å². The molecular formula is C55H93N7O13. The fourth-order valence-corrected chi connectivity index (χ4v) is 10.0. The molecule has 0 saturated heterocycles. The Hall–Kier alpha value is -5.02. The highest BCUT2D eigenvalue weighted by Gasteiger charge is 2.45. The van der Waals surface area contributed by atoms with Gasteiger partial charge in [0.2, 0.25) is 35.4 Å². The van der Waals surface area contributed by atoms with Gasteiger partial charge in [0.05, 0.1) is 57.7 Å². The number of Topliss-reactive ketones (excluding diaryl/α,β-unsaturated/α-hetero) is 1. The van der Waals surface area contributed by atoms with Crippen molar-refractivity contribution in [3.63, 3.8) is 0 Å². The van der Waals surface area contributed by atoms with E-state index in [0.29, 0.717) is 45.6 Å². The van der Waals surface area contributed by atoms with Crippen molar-refractivity contribution in [3.05, 3.63) is 35.9 Å². The van der Waals surface area contributed by atoms with Gasteiger partial charge in [0.25, 0.3) is 0 Å². The summed E-state index contributed by atoms with van der Waals surface area (Å²) in [6.45, 7) is 16.5. The summed E-state index contributed by atoms with van der Waals surface area (Å²) in [7, 11) is 7.54. The lowest BCUT2D eigenvalue weighted by atomic mass is 9.79. The highest BCUT2D eigenvalue weighted by atomic mass is 16.5. The van der Waals surface area contributed by atoms with E-state index in [1.807, 2.05) is 71.9 Å². The van der Waals surface area contributed by atoms with Crippen LogP contribution in [-0.4, -0.2) is 174 Å². The van der Waals surface area contributed by atoms with Crippen LogP contribution in [0, 0.1) is 35.5 Å². The van der Waals surface area contributed by atoms with Gasteiger partial charge in [0.15, 0.2) is 0 Å². The van der Waals surface area contributed by atoms with Crippen LogP contribution in [0.1, 0.15) is 112 Å². The smallest absolute Gasteiger partial charge is 0.328 e. The number of benzene rings is 1. The van der Waals surface area contributed by atoms with E-state index in [1.165, 1.54) is 26.2 Å². The topological polar surface area (TPSA) is 263 Å². The zero-order valence-electron chi connectivity index (χ0n) is 47.3. The summed E-state index contributed by atoms with van der Waals surface area (Å²) in [6.07, 6.45) is 1.91. The van der Waals surface area contributed by atoms with Crippen LogP contribution in [0.2, 0.25) is 0 Å². The zero-order valence-corrected chi connectivity index (χ0v) is 47.3. The lowest BCUT2D eigenvalue weighted by Crippen LogP contribution is -2.60. The molecule has 75 heavy (non-hydrogen) atoms. The number of carbonyl (C=O) groups excluding carboxylic acids is 8. The molecule has 0 aromatic heterocycles. The van der Waals surface area contributed by atoms with Crippen molar-refractivity contribution in [3.8, 4) is 0 Å². The number of nitrogens with zero attached hydrogens (tertiary/aromatic N) is 2. The molecule has 0 spiro atoms. The minimum absolute atomic E-state index is 0.00745. The summed E-state index contributed by atoms with van der Waals surface area (Å²) in [5, 5.41) is 11.2. The van der Waals surface area contributed by atoms with Crippen LogP contribution in [0.15, 0.2) is 30.3 Å². The second-order valence-corrected chi connectivity index (χ2v) is 20.6. The normalized spacial score (nSPS) is 18.1. The van der Waals surface area contributed by atoms with Crippen LogP contribution in [-0.2, 0) is 68.5 Å². The Morgan fingerprint density at radius 2 is 1.40 bits per heavy atom. The van der Waals surface area contributed by atoms with E-state index < -0.39 is 77.9 Å². The number of likely N-dealkylation sites (N-methyl/N-ethyl adjacent to an activating group) is 2. The van der Waals surface area contributed by atoms with Crippen molar-refractivity contribution in [2.75, 3.05) is 74.9 Å². The highest BCUT2D eigenvalue weighted by molar-refractivity contribution is 5.93. The van der Waals surface area contributed by atoms with Gasteiger partial charge in [-0.25, -0.2) is 4.79 Å². The van der Waals surface area contributed by atoms with Gasteiger partial charge >= 0.3 is 5.97 Å². The first-order valence-electron chi connectivity index (χ1n) is 26.9. The Balaban J connectivity index is 2.12. The molecule has 1 saturated carbocycles. The molecule has 1 aliphatic carbocycles. The molecule has 0 heterocycles. The van der Waals surface area contributed by atoms with Gasteiger partial charge in [-0.05, 0) is 55.4 Å². The van der Waals surface area contributed by atoms with Crippen LogP contribution < -0.4 is 27.0 Å². The van der Waals surface area contributed by atoms with Gasteiger partial charge in [0.1, 0.15) is 30.0 Å². The van der Waals surface area contributed by atoms with Crippen molar-refractivity contribution in [1.29, 1.82) is 0 Å². The molecule has 2 unspecified atom stereocenters. The Morgan fingerprint density at radius 1 is 0.747 bits per heavy atom. The van der Waals surface area contributed by atoms with E-state index in [0.717, 1.165) is 12.0 Å². The summed E-state index contributed by atoms with van der Waals surface area (Å²) in [5.74, 6) is -5.26. The Kier molecular flexibility index (Phi) is 30.5. The van der Waals surface area contributed by atoms with Crippen molar-refractivity contribution in [2.24, 2.45) is 41.2 Å². The summed E-state index contributed by atoms with van der Waals surface area (Å²) in [6, 6.07) is 5.11. The number of nitrogens with one attached hydrogen (secondary N) is 4. The van der Waals surface area contributed by atoms with Crippen LogP contribution in [0.5, 0.6) is 0 Å². The number of amides is 6. The Labute approximate surface area is 446 Å². The number of carbonyl (C=O) groups is 8. The number of methoxy groups -OCH3 is 3. The molecule has 20 heteroatoms. The predicted molar refractivity (Wildman–Crippen MR) is 285 cm³/mol. The van der Waals surface area contributed by atoms with Crippen molar-refractivity contribution in [1.82, 2.24) is 31.1 Å². The molecule has 1 fully saturated rings. The fourth-order valence-electron chi connectivity index (χ4n) is 10.0. The molecule has 426 valence electrons. The molecule has 11 atom stereocenters. The van der Waals surface area contributed by atoms with Crippen LogP contribution in [0.3, 0.4) is 0 Å². The quantitative estimate of drug-likeness (QED) is 0.0478. The van der Waals surface area contributed by atoms with E-state index in [4.69, 9.17) is 29.4 Å². The minimum atomic E-state index is -0.987. The van der Waals surface area contributed by atoms with E-state index in [2.05, 4.69) is 21.3 Å². The third kappa shape index (κ3) is 21.1. The lowest BCUT2D eigenvalue weighted by Gasteiger charge is -2.41. The molecule has 2 rings (SSSR count). The van der Waals surface area contributed by atoms with Gasteiger partial charge in [-0.2, -0.15) is 0 Å². The summed E-state index contributed by atoms with van der Waals surface area (Å²) >= 11 is 0. The molecule has 20 nitrogen and oxygen atoms in total. The van der Waals surface area contributed by atoms with Gasteiger partial charge in [-0.1, -0.05) is 91.6 Å². The van der Waals surface area contributed by atoms with E-state index in [9.17, 15) is 38.4 Å². The number of rotatable bonds is 36. The molecule has 1 aromatic carbocycles. The molecule has 0 aliphatic heterocycles. The largest absolute Gasteiger partial charge is 0.467 e. The number of nitrogens with two attached hydrogens (primary N) is 1. The molecular weight excluding hydrogens is 967 g/mol. The fraction of sp³-hybridized carbons (Fsp3) is 0.745. The monoisotopic (exact) mass is 1060 g/mol. The SMILES string of the molecule is CC[C@H](C)[C@@H]([C@@H](CC(=O)C1CCC[C@H]1[C@H](OC)[C@@H](C)C(=O)N[C@@H](Cc1ccccc1)C(=O)OC)OC)N(C)C(=O)[C@@H](NC(=O)[C@H](C(C)C)N(C)C(=O)CCCNC(=O)C(C)NC(=O)CCOCCOCCN)C(C)C. The van der Waals surface area contributed by atoms with Gasteiger partial charge in [0, 0.05) is 73.0 Å². The first kappa shape index (κ1) is 66.1. The van der Waals surface area contributed by atoms with Crippen molar-refractivity contribution < 1.29 is 62.0 Å². The maximum atomic E-state index is 14.7. The number of esters is 1. The average molecular weight is 1060 g/mol. The Bertz CT molecular complexity index is 1940. The summed E-state index contributed by atoms with van der Waals surface area (Å²) in [5.41, 5.74) is 6.23. The first-order valence-corrected chi connectivity index (χ1v) is 26.9. The maximum absolute atomic E-state index is 14.7. The molecule has 1 aliphatic rings. The lowest BCUT2D eigenvalue weighted by molar-refractivity contribution is -0.147. The second-order valence-electron chi connectivity index (χ2n) is 20.6. The maximum Gasteiger partial charge on any atom is 0.328 e. The summed E-state index contributed by atoms with van der Waals surface area (Å²) < 4.78 is 27.7. The second kappa shape index (κ2) is 34.6. The van der Waals surface area contributed by atoms with E-state index in [1.54, 1.807) is 32.8 Å². The summed E-state index contributed by atoms with van der Waals surface area (Å²) in [4.78, 5) is 111. The van der Waals surface area contributed by atoms with Crippen LogP contribution >= 0.6 is 0 Å². The van der Waals surface area contributed by atoms with Gasteiger partial charge in [-0.3, -0.25) is 33.6 Å². The predicted octanol–water partition coefficient (Wildman–Crippen LogP) is 3.21. The number of hydrogen-bond acceptors (Lipinski definition) is 14. The molecule has 1 aromatic rings. The average Bonchev–Trinajstić information content (AvgIpc) is 3.87. The first-order chi connectivity index (χ1) is 35.6. The standard InChI is InChI=1S/C55H93N7O13/c1-14-36(6)49(44(71-11)33-43(63)40-22-18-23-41(40)50(72-12)37(7)51(66)59-42(55(70)73-13)32-39-20-16-15-17-21-39)62(10)54(69)47(34(2)3)60-53(68)48(35(4)5)61(9)46(65)24-19-27-57-52(67)38(8)58-45(64)25-28-74-30-31-75-29-26-56/h15-17,20-21,34-38,40-42,44,47-50H,14,18-19,22-33,56H2,1-13H3,(H,57,67)(H,58,64)(H,59,66)(H,60,68)/t36-,37+,38?,40?,41+,42-,44+,47-,48-,49-,50+/m0/s1. The molecule has 0 radical (unpaired) electrons. The number of hydrogen-bond donors (Lipinski definition) is 5. The third-order valence-corrected chi connectivity index (χ3v) is 14.5. The minimum Gasteiger partial charge on any atom is -0.467 e. The van der Waals surface area contributed by atoms with Crippen molar-refractivity contribution in [2.45, 2.75) is 156 Å². The molecule has 6 amide bonds. The number of ether oxygens (including phenoxy) is 5. The zero-order chi connectivity index (χ0) is 56.4. The van der Waals surface area contributed by atoms with E-state index in [-0.39, 0.29) is 92.4 Å². The molecule has 6 N–H and O–H groups in total. The van der Waals surface area contributed by atoms with Gasteiger partial charge in [-0.15, -0.1) is 0 Å². The van der Waals surface area contributed by atoms with E-state index >= 15 is 0 Å².